The number of aliphatic hydroxyl groups excluding tert-OH is 2. The molecular weight excluding hydrogens is 610 g/mol. The molecule has 0 rings (SSSR count). The zero-order valence-electron chi connectivity index (χ0n) is 30.5. The van der Waals surface area contributed by atoms with E-state index in [0.29, 0.717) is 12.8 Å². The molecule has 0 aliphatic carbocycles. The van der Waals surface area contributed by atoms with E-state index in [1.165, 1.54) is 134 Å². The van der Waals surface area contributed by atoms with Crippen LogP contribution in [0.3, 0.4) is 0 Å². The summed E-state index contributed by atoms with van der Waals surface area (Å²) in [4.78, 5) is 12.5. The van der Waals surface area contributed by atoms with Gasteiger partial charge in [-0.3, -0.25) is 9.35 Å². The molecule has 4 N–H and O–H groups in total. The van der Waals surface area contributed by atoms with Crippen molar-refractivity contribution in [1.29, 1.82) is 0 Å². The van der Waals surface area contributed by atoms with Gasteiger partial charge in [0, 0.05) is 0 Å². The molecule has 3 atom stereocenters. The zero-order valence-corrected chi connectivity index (χ0v) is 31.3. The fraction of sp³-hybridized carbons (Fsp3) is 0.872. The molecule has 0 spiro atoms. The fourth-order valence-corrected chi connectivity index (χ4v) is 6.68. The Bertz CT molecular complexity index is 860. The molecular formula is C39H75NO6S. The highest BCUT2D eigenvalue weighted by Crippen LogP contribution is 2.15. The quantitative estimate of drug-likeness (QED) is 0.0299. The second kappa shape index (κ2) is 33.3. The van der Waals surface area contributed by atoms with E-state index < -0.39 is 40.0 Å². The maximum Gasteiger partial charge on any atom is 0.267 e. The molecule has 1 amide bonds. The van der Waals surface area contributed by atoms with Crippen LogP contribution in [-0.2, 0) is 14.9 Å². The summed E-state index contributed by atoms with van der Waals surface area (Å²) < 4.78 is 32.4. The van der Waals surface area contributed by atoms with Crippen molar-refractivity contribution >= 4 is 16.0 Å². The average molecular weight is 686 g/mol. The van der Waals surface area contributed by atoms with Crippen LogP contribution in [0, 0.1) is 0 Å². The normalized spacial score (nSPS) is 14.2. The molecule has 0 radical (unpaired) electrons. The van der Waals surface area contributed by atoms with Crippen molar-refractivity contribution in [3.63, 3.8) is 0 Å². The number of amides is 1. The van der Waals surface area contributed by atoms with Crippen LogP contribution in [0.2, 0.25) is 0 Å². The van der Waals surface area contributed by atoms with Gasteiger partial charge in [-0.2, -0.15) is 8.42 Å². The van der Waals surface area contributed by atoms with E-state index >= 15 is 0 Å². The number of rotatable bonds is 35. The van der Waals surface area contributed by atoms with Crippen LogP contribution >= 0.6 is 0 Å². The molecule has 278 valence electrons. The van der Waals surface area contributed by atoms with Gasteiger partial charge in [-0.25, -0.2) is 0 Å². The lowest BCUT2D eigenvalue weighted by molar-refractivity contribution is -0.130. The third kappa shape index (κ3) is 33.1. The number of carbonyl (C=O) groups excluding carboxylic acids is 1. The van der Waals surface area contributed by atoms with Crippen molar-refractivity contribution in [3.8, 4) is 0 Å². The van der Waals surface area contributed by atoms with Gasteiger partial charge < -0.3 is 15.5 Å². The minimum absolute atomic E-state index is 0.276. The monoisotopic (exact) mass is 686 g/mol. The third-order valence-corrected chi connectivity index (χ3v) is 9.77. The minimum Gasteiger partial charge on any atom is -0.387 e. The second-order valence-electron chi connectivity index (χ2n) is 13.7. The van der Waals surface area contributed by atoms with E-state index in [0.717, 1.165) is 32.1 Å². The van der Waals surface area contributed by atoms with Gasteiger partial charge in [0.2, 0.25) is 5.91 Å². The molecule has 0 saturated heterocycles. The van der Waals surface area contributed by atoms with Crippen molar-refractivity contribution < 1.29 is 28.0 Å². The van der Waals surface area contributed by atoms with Crippen molar-refractivity contribution in [3.05, 3.63) is 24.3 Å². The third-order valence-electron chi connectivity index (χ3n) is 8.99. The number of nitrogens with one attached hydrogen (secondary N) is 1. The number of aliphatic hydroxyl groups is 2. The van der Waals surface area contributed by atoms with Gasteiger partial charge >= 0.3 is 0 Å². The molecule has 0 heterocycles. The molecule has 8 heteroatoms. The molecule has 0 aliphatic rings. The van der Waals surface area contributed by atoms with Crippen LogP contribution in [0.5, 0.6) is 0 Å². The van der Waals surface area contributed by atoms with E-state index in [4.69, 9.17) is 0 Å². The molecule has 0 bridgehead atoms. The smallest absolute Gasteiger partial charge is 0.267 e. The lowest BCUT2D eigenvalue weighted by Crippen LogP contribution is -2.50. The Balaban J connectivity index is 4.04. The summed E-state index contributed by atoms with van der Waals surface area (Å²) in [5.74, 6) is -1.55. The molecule has 0 aromatic carbocycles. The maximum atomic E-state index is 12.5. The topological polar surface area (TPSA) is 124 Å². The van der Waals surface area contributed by atoms with Gasteiger partial charge in [-0.05, 0) is 32.1 Å². The Kier molecular flexibility index (Phi) is 32.4. The SMILES string of the molecule is CCCCCCCCCCCCCCCCC/C=C/CC/C=C/C(O)C(CS(=O)(=O)O)NC(=O)C(O)CCCCCCCCCCC. The highest BCUT2D eigenvalue weighted by molar-refractivity contribution is 7.85. The lowest BCUT2D eigenvalue weighted by atomic mass is 10.0. The van der Waals surface area contributed by atoms with Crippen LogP contribution in [0.15, 0.2) is 24.3 Å². The molecule has 47 heavy (non-hydrogen) atoms. The summed E-state index contributed by atoms with van der Waals surface area (Å²) in [6, 6.07) is -1.24. The first-order valence-electron chi connectivity index (χ1n) is 19.6. The first-order valence-corrected chi connectivity index (χ1v) is 21.3. The van der Waals surface area contributed by atoms with Gasteiger partial charge in [-0.1, -0.05) is 186 Å². The van der Waals surface area contributed by atoms with Crippen LogP contribution in [0.1, 0.15) is 194 Å². The Morgan fingerprint density at radius 1 is 0.574 bits per heavy atom. The van der Waals surface area contributed by atoms with E-state index in [9.17, 15) is 28.0 Å². The Morgan fingerprint density at radius 3 is 1.40 bits per heavy atom. The first-order chi connectivity index (χ1) is 22.7. The number of carbonyl (C=O) groups is 1. The van der Waals surface area contributed by atoms with E-state index in [1.807, 2.05) is 0 Å². The summed E-state index contributed by atoms with van der Waals surface area (Å²) in [5.41, 5.74) is 0. The summed E-state index contributed by atoms with van der Waals surface area (Å²) in [7, 11) is -4.44. The predicted octanol–water partition coefficient (Wildman–Crippen LogP) is 10.2. The van der Waals surface area contributed by atoms with Gasteiger partial charge in [0.1, 0.15) is 6.10 Å². The predicted molar refractivity (Wildman–Crippen MR) is 199 cm³/mol. The van der Waals surface area contributed by atoms with Crippen LogP contribution in [-0.4, -0.2) is 53.1 Å². The van der Waals surface area contributed by atoms with Crippen LogP contribution < -0.4 is 5.32 Å². The Hall–Kier alpha value is -1.22. The standard InChI is InChI=1S/C39H75NO6S/c1-3-5-7-9-11-13-14-15-16-17-18-19-20-21-22-23-24-26-27-29-31-33-37(41)36(35-47(44,45)46)40-39(43)38(42)34-32-30-28-25-12-10-8-6-4-2/h24,26,31,33,36-38,41-42H,3-23,25,27-30,32,34-35H2,1-2H3,(H,40,43)(H,44,45,46)/b26-24+,33-31+. The average Bonchev–Trinajstić information content (AvgIpc) is 3.03. The molecule has 0 aromatic heterocycles. The van der Waals surface area contributed by atoms with Crippen LogP contribution in [0.25, 0.3) is 0 Å². The molecule has 0 aliphatic heterocycles. The van der Waals surface area contributed by atoms with E-state index in [1.54, 1.807) is 6.08 Å². The second-order valence-corrected chi connectivity index (χ2v) is 15.2. The Morgan fingerprint density at radius 2 is 0.957 bits per heavy atom. The summed E-state index contributed by atoms with van der Waals surface area (Å²) in [6.45, 7) is 4.47. The number of hydrogen-bond donors (Lipinski definition) is 4. The van der Waals surface area contributed by atoms with Crippen molar-refractivity contribution in [2.45, 2.75) is 212 Å². The minimum atomic E-state index is -4.44. The molecule has 7 nitrogen and oxygen atoms in total. The number of allylic oxidation sites excluding steroid dienone is 3. The largest absolute Gasteiger partial charge is 0.387 e. The van der Waals surface area contributed by atoms with Gasteiger partial charge in [0.25, 0.3) is 10.1 Å². The highest BCUT2D eigenvalue weighted by Gasteiger charge is 2.27. The highest BCUT2D eigenvalue weighted by atomic mass is 32.2. The maximum absolute atomic E-state index is 12.5. The van der Waals surface area contributed by atoms with E-state index in [2.05, 4.69) is 31.3 Å². The van der Waals surface area contributed by atoms with Gasteiger partial charge in [0.15, 0.2) is 0 Å². The molecule has 0 saturated carbocycles. The van der Waals surface area contributed by atoms with Gasteiger partial charge in [0.05, 0.1) is 17.9 Å². The summed E-state index contributed by atoms with van der Waals surface area (Å²) >= 11 is 0. The van der Waals surface area contributed by atoms with Crippen molar-refractivity contribution in [1.82, 2.24) is 5.32 Å². The van der Waals surface area contributed by atoms with Gasteiger partial charge in [-0.15, -0.1) is 0 Å². The molecule has 3 unspecified atom stereocenters. The molecule has 0 fully saturated rings. The zero-order chi connectivity index (χ0) is 34.9. The van der Waals surface area contributed by atoms with Crippen LogP contribution in [0.4, 0.5) is 0 Å². The molecule has 0 aromatic rings. The number of unbranched alkanes of at least 4 members (excludes halogenated alkanes) is 24. The van der Waals surface area contributed by atoms with Crippen molar-refractivity contribution in [2.24, 2.45) is 0 Å². The van der Waals surface area contributed by atoms with E-state index in [-0.39, 0.29) is 6.42 Å². The lowest BCUT2D eigenvalue weighted by Gasteiger charge is -2.22. The fourth-order valence-electron chi connectivity index (χ4n) is 5.94. The van der Waals surface area contributed by atoms with Crippen molar-refractivity contribution in [2.75, 3.05) is 5.75 Å². The summed E-state index contributed by atoms with van der Waals surface area (Å²) in [6.07, 6.45) is 38.3. The number of hydrogen-bond acceptors (Lipinski definition) is 5. The summed E-state index contributed by atoms with van der Waals surface area (Å²) in [5, 5.41) is 23.2. The Labute approximate surface area is 290 Å². The first kappa shape index (κ1) is 45.8.